The van der Waals surface area contributed by atoms with Crippen molar-refractivity contribution in [2.75, 3.05) is 18.8 Å². The molecular formula is C28H32N2O3S. The van der Waals surface area contributed by atoms with Crippen molar-refractivity contribution in [3.05, 3.63) is 108 Å². The molecule has 1 fully saturated rings. The summed E-state index contributed by atoms with van der Waals surface area (Å²) in [6.45, 7) is 0.730. The normalized spacial score (nSPS) is 16.9. The van der Waals surface area contributed by atoms with Crippen LogP contribution in [0.3, 0.4) is 0 Å². The summed E-state index contributed by atoms with van der Waals surface area (Å²) in [4.78, 5) is 13.3. The number of nitrogens with one attached hydrogen (secondary N) is 1. The Morgan fingerprint density at radius 3 is 2.03 bits per heavy atom. The third-order valence-corrected chi connectivity index (χ3v) is 8.33. The quantitative estimate of drug-likeness (QED) is 0.492. The van der Waals surface area contributed by atoms with E-state index >= 15 is 0 Å². The number of aryl methyl sites for hydroxylation is 1. The molecule has 1 heterocycles. The van der Waals surface area contributed by atoms with Gasteiger partial charge in [-0.25, -0.2) is 12.7 Å². The predicted molar refractivity (Wildman–Crippen MR) is 136 cm³/mol. The average Bonchev–Trinajstić information content (AvgIpc) is 2.89. The number of carbonyl (C=O) groups excluding carboxylic acids is 1. The van der Waals surface area contributed by atoms with Gasteiger partial charge < -0.3 is 5.32 Å². The number of benzene rings is 3. The second-order valence-corrected chi connectivity index (χ2v) is 11.0. The van der Waals surface area contributed by atoms with Crippen LogP contribution in [-0.4, -0.2) is 37.5 Å². The Morgan fingerprint density at radius 1 is 0.882 bits per heavy atom. The van der Waals surface area contributed by atoms with Crippen LogP contribution in [0.25, 0.3) is 0 Å². The molecule has 3 aromatic carbocycles. The first-order chi connectivity index (χ1) is 16.5. The molecule has 1 aliphatic rings. The van der Waals surface area contributed by atoms with Gasteiger partial charge in [-0.05, 0) is 42.4 Å². The fraction of sp³-hybridized carbons (Fsp3) is 0.321. The lowest BCUT2D eigenvalue weighted by Gasteiger charge is -2.32. The van der Waals surface area contributed by atoms with Gasteiger partial charge in [-0.1, -0.05) is 91.0 Å². The minimum atomic E-state index is -3.40. The molecule has 0 saturated carbocycles. The lowest BCUT2D eigenvalue weighted by molar-refractivity contribution is -0.126. The van der Waals surface area contributed by atoms with Gasteiger partial charge in [-0.2, -0.15) is 0 Å². The summed E-state index contributed by atoms with van der Waals surface area (Å²) >= 11 is 0. The summed E-state index contributed by atoms with van der Waals surface area (Å²) < 4.78 is 27.5. The first-order valence-electron chi connectivity index (χ1n) is 11.9. The second-order valence-electron chi connectivity index (χ2n) is 8.87. The maximum Gasteiger partial charge on any atom is 0.225 e. The molecule has 178 valence electrons. The van der Waals surface area contributed by atoms with Crippen LogP contribution in [0, 0.1) is 5.92 Å². The maximum absolute atomic E-state index is 13.3. The topological polar surface area (TPSA) is 66.5 Å². The van der Waals surface area contributed by atoms with Crippen molar-refractivity contribution in [3.8, 4) is 0 Å². The van der Waals surface area contributed by atoms with E-state index in [2.05, 4.69) is 5.32 Å². The molecule has 1 saturated heterocycles. The van der Waals surface area contributed by atoms with E-state index in [1.54, 1.807) is 0 Å². The molecule has 0 spiro atoms. The zero-order valence-electron chi connectivity index (χ0n) is 19.3. The van der Waals surface area contributed by atoms with Gasteiger partial charge in [0.2, 0.25) is 15.9 Å². The Bertz CT molecular complexity index is 1110. The molecule has 3 aromatic rings. The molecule has 0 unspecified atom stereocenters. The summed E-state index contributed by atoms with van der Waals surface area (Å²) in [6, 6.07) is 29.4. The molecule has 4 rings (SSSR count). The Kier molecular flexibility index (Phi) is 8.14. The monoisotopic (exact) mass is 476 g/mol. The Hall–Kier alpha value is -2.96. The van der Waals surface area contributed by atoms with Crippen LogP contribution in [-0.2, 0) is 21.2 Å². The zero-order valence-corrected chi connectivity index (χ0v) is 20.2. The van der Waals surface area contributed by atoms with Crippen LogP contribution in [0.15, 0.2) is 91.0 Å². The van der Waals surface area contributed by atoms with E-state index in [-0.39, 0.29) is 30.2 Å². The Morgan fingerprint density at radius 2 is 1.44 bits per heavy atom. The molecule has 0 radical (unpaired) electrons. The number of amides is 1. The molecule has 1 atom stereocenters. The second kappa shape index (κ2) is 11.4. The molecular weight excluding hydrogens is 444 g/mol. The lowest BCUT2D eigenvalue weighted by atomic mass is 9.95. The van der Waals surface area contributed by atoms with Crippen LogP contribution in [0.2, 0.25) is 0 Å². The highest BCUT2D eigenvalue weighted by Crippen LogP contribution is 2.25. The maximum atomic E-state index is 13.3. The van der Waals surface area contributed by atoms with Gasteiger partial charge >= 0.3 is 0 Å². The van der Waals surface area contributed by atoms with Crippen LogP contribution >= 0.6 is 0 Å². The van der Waals surface area contributed by atoms with Crippen molar-refractivity contribution in [1.29, 1.82) is 0 Å². The number of rotatable bonds is 9. The standard InChI is InChI=1S/C28H32N2O3S/c31-28(29-27(24-15-6-2-7-16-24)25-17-8-3-9-18-25)26-19-10-20-30(22-26)34(32,33)21-11-14-23-12-4-1-5-13-23/h1-9,12-13,15-18,26-27H,10-11,14,19-22H2,(H,29,31)/t26-/m0/s1. The molecule has 0 aliphatic carbocycles. The lowest BCUT2D eigenvalue weighted by Crippen LogP contribution is -2.46. The van der Waals surface area contributed by atoms with Crippen molar-refractivity contribution in [2.24, 2.45) is 5.92 Å². The highest BCUT2D eigenvalue weighted by molar-refractivity contribution is 7.89. The Balaban J connectivity index is 1.40. The minimum absolute atomic E-state index is 0.0955. The van der Waals surface area contributed by atoms with Crippen LogP contribution in [0.1, 0.15) is 42.0 Å². The highest BCUT2D eigenvalue weighted by atomic mass is 32.2. The predicted octanol–water partition coefficient (Wildman–Crippen LogP) is 4.57. The number of nitrogens with zero attached hydrogens (tertiary/aromatic N) is 1. The van der Waals surface area contributed by atoms with Crippen molar-refractivity contribution in [1.82, 2.24) is 9.62 Å². The van der Waals surface area contributed by atoms with Crippen molar-refractivity contribution < 1.29 is 13.2 Å². The van der Waals surface area contributed by atoms with Gasteiger partial charge in [0.05, 0.1) is 17.7 Å². The SMILES string of the molecule is O=C(NC(c1ccccc1)c1ccccc1)[C@H]1CCCN(S(=O)(=O)CCCc2ccccc2)C1. The molecule has 1 N–H and O–H groups in total. The number of sulfonamides is 1. The summed E-state index contributed by atoms with van der Waals surface area (Å²) in [7, 11) is -3.40. The van der Waals surface area contributed by atoms with Crippen LogP contribution in [0.5, 0.6) is 0 Å². The molecule has 5 nitrogen and oxygen atoms in total. The van der Waals surface area contributed by atoms with Gasteiger partial charge in [-0.15, -0.1) is 0 Å². The van der Waals surface area contributed by atoms with Crippen molar-refractivity contribution >= 4 is 15.9 Å². The smallest absolute Gasteiger partial charge is 0.225 e. The van der Waals surface area contributed by atoms with E-state index in [0.29, 0.717) is 25.8 Å². The van der Waals surface area contributed by atoms with Gasteiger partial charge in [0.1, 0.15) is 0 Å². The number of hydrogen-bond donors (Lipinski definition) is 1. The molecule has 34 heavy (non-hydrogen) atoms. The van der Waals surface area contributed by atoms with E-state index in [9.17, 15) is 13.2 Å². The largest absolute Gasteiger partial charge is 0.345 e. The van der Waals surface area contributed by atoms with Gasteiger partial charge in [0.15, 0.2) is 0 Å². The molecule has 6 heteroatoms. The molecule has 1 amide bonds. The average molecular weight is 477 g/mol. The first-order valence-corrected chi connectivity index (χ1v) is 13.6. The molecule has 0 aromatic heterocycles. The van der Waals surface area contributed by atoms with E-state index < -0.39 is 10.0 Å². The van der Waals surface area contributed by atoms with E-state index in [1.807, 2.05) is 91.0 Å². The van der Waals surface area contributed by atoms with E-state index in [0.717, 1.165) is 23.1 Å². The summed E-state index contributed by atoms with van der Waals surface area (Å²) in [5.74, 6) is -0.346. The number of piperidine rings is 1. The summed E-state index contributed by atoms with van der Waals surface area (Å²) in [6.07, 6.45) is 2.69. The Labute approximate surface area is 202 Å². The minimum Gasteiger partial charge on any atom is -0.345 e. The molecule has 1 aliphatic heterocycles. The first kappa shape index (κ1) is 24.2. The fourth-order valence-corrected chi connectivity index (χ4v) is 6.13. The van der Waals surface area contributed by atoms with Crippen molar-refractivity contribution in [3.63, 3.8) is 0 Å². The number of hydrogen-bond acceptors (Lipinski definition) is 3. The fourth-order valence-electron chi connectivity index (χ4n) is 4.55. The van der Waals surface area contributed by atoms with E-state index in [4.69, 9.17) is 0 Å². The van der Waals surface area contributed by atoms with E-state index in [1.165, 1.54) is 4.31 Å². The van der Waals surface area contributed by atoms with Gasteiger partial charge in [-0.3, -0.25) is 4.79 Å². The third-order valence-electron chi connectivity index (χ3n) is 6.41. The summed E-state index contributed by atoms with van der Waals surface area (Å²) in [5.41, 5.74) is 3.15. The number of carbonyl (C=O) groups is 1. The van der Waals surface area contributed by atoms with Gasteiger partial charge in [0, 0.05) is 13.1 Å². The summed E-state index contributed by atoms with van der Waals surface area (Å²) in [5, 5.41) is 3.20. The third kappa shape index (κ3) is 6.33. The van der Waals surface area contributed by atoms with Crippen molar-refractivity contribution in [2.45, 2.75) is 31.7 Å². The highest BCUT2D eigenvalue weighted by Gasteiger charge is 2.33. The zero-order chi connectivity index (χ0) is 23.8. The van der Waals surface area contributed by atoms with Crippen LogP contribution in [0.4, 0.5) is 0 Å². The molecule has 0 bridgehead atoms. The van der Waals surface area contributed by atoms with Gasteiger partial charge in [0.25, 0.3) is 0 Å². The van der Waals surface area contributed by atoms with Crippen LogP contribution < -0.4 is 5.32 Å².